The van der Waals surface area contributed by atoms with Gasteiger partial charge in [0.05, 0.1) is 6.61 Å². The molecule has 0 aromatic heterocycles. The minimum atomic E-state index is -0.837. The van der Waals surface area contributed by atoms with Crippen LogP contribution in [0.4, 0.5) is 8.78 Å². The summed E-state index contributed by atoms with van der Waals surface area (Å²) in [6.07, 6.45) is 6.00. The summed E-state index contributed by atoms with van der Waals surface area (Å²) in [6.45, 7) is 2.56. The monoisotopic (exact) mass is 378 g/mol. The SMILES string of the molecule is Cc1ccc(S(C)=O)cc1.Fc1ccc(F)c2c1OCC1CCCCC21. The quantitative estimate of drug-likeness (QED) is 0.667. The summed E-state index contributed by atoms with van der Waals surface area (Å²) in [7, 11) is -0.837. The van der Waals surface area contributed by atoms with Crippen molar-refractivity contribution in [1.82, 2.24) is 0 Å². The molecule has 3 atom stereocenters. The number of aryl methyl sites for hydroxylation is 1. The molecule has 0 N–H and O–H groups in total. The molecule has 2 aromatic rings. The molecule has 0 bridgehead atoms. The minimum Gasteiger partial charge on any atom is -0.490 e. The lowest BCUT2D eigenvalue weighted by Crippen LogP contribution is -2.30. The standard InChI is InChI=1S/C13H14F2O.C8H10OS/c14-10-5-6-11(15)13-12(10)9-4-2-1-3-8(9)7-16-13;1-7-3-5-8(6-4-7)10(2)9/h5-6,8-9H,1-4,7H2;3-6H,1-2H3. The first-order valence-electron chi connectivity index (χ1n) is 8.98. The van der Waals surface area contributed by atoms with Crippen LogP contribution in [0.2, 0.25) is 0 Å². The molecule has 1 fully saturated rings. The van der Waals surface area contributed by atoms with Gasteiger partial charge in [-0.1, -0.05) is 30.5 Å². The van der Waals surface area contributed by atoms with Gasteiger partial charge in [-0.25, -0.2) is 8.78 Å². The highest BCUT2D eigenvalue weighted by molar-refractivity contribution is 7.84. The zero-order valence-electron chi connectivity index (χ0n) is 15.1. The normalized spacial score (nSPS) is 22.2. The molecule has 0 radical (unpaired) electrons. The van der Waals surface area contributed by atoms with E-state index < -0.39 is 16.6 Å². The Balaban J connectivity index is 0.000000170. The predicted octanol–water partition coefficient (Wildman–Crippen LogP) is 5.36. The summed E-state index contributed by atoms with van der Waals surface area (Å²) >= 11 is 0. The summed E-state index contributed by atoms with van der Waals surface area (Å²) in [5.41, 5.74) is 1.69. The van der Waals surface area contributed by atoms with Crippen LogP contribution in [0, 0.1) is 24.5 Å². The molecule has 5 heteroatoms. The average molecular weight is 378 g/mol. The molecule has 140 valence electrons. The molecule has 1 aliphatic carbocycles. The number of benzene rings is 2. The summed E-state index contributed by atoms with van der Waals surface area (Å²) in [5, 5.41) is 0. The molecule has 1 aliphatic heterocycles. The first kappa shape index (κ1) is 19.0. The Morgan fingerprint density at radius 2 is 1.65 bits per heavy atom. The third kappa shape index (κ3) is 4.14. The van der Waals surface area contributed by atoms with Gasteiger partial charge in [0.25, 0.3) is 0 Å². The molecular formula is C21H24F2O2S. The highest BCUT2D eigenvalue weighted by Gasteiger charge is 2.36. The van der Waals surface area contributed by atoms with Crippen LogP contribution in [-0.2, 0) is 10.8 Å². The van der Waals surface area contributed by atoms with Crippen molar-refractivity contribution >= 4 is 10.8 Å². The average Bonchev–Trinajstić information content (AvgIpc) is 2.65. The summed E-state index contributed by atoms with van der Waals surface area (Å²) in [4.78, 5) is 0.894. The zero-order chi connectivity index (χ0) is 18.7. The Morgan fingerprint density at radius 1 is 1.00 bits per heavy atom. The van der Waals surface area contributed by atoms with E-state index in [1.807, 2.05) is 31.2 Å². The van der Waals surface area contributed by atoms with Crippen molar-refractivity contribution in [2.24, 2.45) is 5.92 Å². The maximum absolute atomic E-state index is 13.8. The molecule has 1 heterocycles. The Labute approximate surface area is 156 Å². The Bertz CT molecular complexity index is 789. The van der Waals surface area contributed by atoms with Gasteiger partial charge >= 0.3 is 0 Å². The fraction of sp³-hybridized carbons (Fsp3) is 0.429. The topological polar surface area (TPSA) is 26.3 Å². The van der Waals surface area contributed by atoms with Gasteiger partial charge < -0.3 is 4.74 Å². The van der Waals surface area contributed by atoms with Crippen molar-refractivity contribution < 1.29 is 17.7 Å². The fourth-order valence-electron chi connectivity index (χ4n) is 3.75. The molecule has 26 heavy (non-hydrogen) atoms. The molecule has 2 aliphatic rings. The fourth-order valence-corrected chi connectivity index (χ4v) is 4.27. The Morgan fingerprint density at radius 3 is 2.35 bits per heavy atom. The number of ether oxygens (including phenoxy) is 1. The van der Waals surface area contributed by atoms with Crippen molar-refractivity contribution in [1.29, 1.82) is 0 Å². The van der Waals surface area contributed by atoms with Crippen molar-refractivity contribution in [3.8, 4) is 5.75 Å². The lowest BCUT2D eigenvalue weighted by Gasteiger charge is -2.37. The summed E-state index contributed by atoms with van der Waals surface area (Å²) in [6, 6.07) is 10.1. The van der Waals surface area contributed by atoms with Gasteiger partial charge in [-0.15, -0.1) is 0 Å². The van der Waals surface area contributed by atoms with E-state index in [0.717, 1.165) is 30.2 Å². The summed E-state index contributed by atoms with van der Waals surface area (Å²) in [5.74, 6) is -0.0534. The maximum Gasteiger partial charge on any atom is 0.165 e. The second kappa shape index (κ2) is 8.30. The van der Waals surface area contributed by atoms with E-state index in [9.17, 15) is 13.0 Å². The maximum atomic E-state index is 13.8. The second-order valence-corrected chi connectivity index (χ2v) is 8.38. The van der Waals surface area contributed by atoms with E-state index in [1.165, 1.54) is 18.1 Å². The highest BCUT2D eigenvalue weighted by atomic mass is 32.2. The molecule has 0 saturated heterocycles. The number of hydrogen-bond acceptors (Lipinski definition) is 2. The van der Waals surface area contributed by atoms with Crippen LogP contribution in [0.25, 0.3) is 0 Å². The van der Waals surface area contributed by atoms with Gasteiger partial charge in [-0.2, -0.15) is 0 Å². The van der Waals surface area contributed by atoms with Gasteiger partial charge in [0.15, 0.2) is 11.6 Å². The van der Waals surface area contributed by atoms with E-state index >= 15 is 0 Å². The molecule has 2 aromatic carbocycles. The number of fused-ring (bicyclic) bond motifs is 3. The van der Waals surface area contributed by atoms with Crippen LogP contribution >= 0.6 is 0 Å². The van der Waals surface area contributed by atoms with E-state index in [4.69, 9.17) is 4.74 Å². The van der Waals surface area contributed by atoms with Crippen LogP contribution in [0.15, 0.2) is 41.3 Å². The van der Waals surface area contributed by atoms with E-state index in [2.05, 4.69) is 0 Å². The Hall–Kier alpha value is -1.75. The highest BCUT2D eigenvalue weighted by Crippen LogP contribution is 2.46. The lowest BCUT2D eigenvalue weighted by molar-refractivity contribution is 0.147. The lowest BCUT2D eigenvalue weighted by atomic mass is 9.74. The van der Waals surface area contributed by atoms with Crippen molar-refractivity contribution in [2.45, 2.75) is 43.4 Å². The number of hydrogen-bond donors (Lipinski definition) is 0. The largest absolute Gasteiger partial charge is 0.490 e. The molecule has 1 saturated carbocycles. The molecule has 4 rings (SSSR count). The molecule has 2 nitrogen and oxygen atoms in total. The smallest absolute Gasteiger partial charge is 0.165 e. The Kier molecular flexibility index (Phi) is 6.07. The van der Waals surface area contributed by atoms with Crippen molar-refractivity contribution in [3.05, 3.63) is 59.2 Å². The van der Waals surface area contributed by atoms with Crippen LogP contribution < -0.4 is 4.74 Å². The van der Waals surface area contributed by atoms with Crippen molar-refractivity contribution in [2.75, 3.05) is 12.9 Å². The zero-order valence-corrected chi connectivity index (χ0v) is 16.0. The molecule has 3 unspecified atom stereocenters. The van der Waals surface area contributed by atoms with Gasteiger partial charge in [-0.3, -0.25) is 4.21 Å². The second-order valence-electron chi connectivity index (χ2n) is 7.00. The van der Waals surface area contributed by atoms with Crippen LogP contribution in [0.3, 0.4) is 0 Å². The van der Waals surface area contributed by atoms with E-state index in [-0.39, 0.29) is 17.5 Å². The van der Waals surface area contributed by atoms with Crippen molar-refractivity contribution in [3.63, 3.8) is 0 Å². The van der Waals surface area contributed by atoms with E-state index in [1.54, 1.807) is 6.26 Å². The predicted molar refractivity (Wildman–Crippen MR) is 100 cm³/mol. The molecule has 0 spiro atoms. The first-order chi connectivity index (χ1) is 12.5. The van der Waals surface area contributed by atoms with Gasteiger partial charge in [-0.05, 0) is 49.9 Å². The van der Waals surface area contributed by atoms with E-state index in [0.29, 0.717) is 18.1 Å². The molecule has 0 amide bonds. The van der Waals surface area contributed by atoms with Gasteiger partial charge in [0.2, 0.25) is 0 Å². The number of halogens is 2. The van der Waals surface area contributed by atoms with Crippen LogP contribution in [0.5, 0.6) is 5.75 Å². The minimum absolute atomic E-state index is 0.156. The van der Waals surface area contributed by atoms with Gasteiger partial charge in [0, 0.05) is 33.4 Å². The third-order valence-electron chi connectivity index (χ3n) is 5.17. The number of rotatable bonds is 1. The molecular weight excluding hydrogens is 354 g/mol. The first-order valence-corrected chi connectivity index (χ1v) is 10.5. The van der Waals surface area contributed by atoms with Crippen LogP contribution in [-0.4, -0.2) is 17.1 Å². The third-order valence-corrected chi connectivity index (χ3v) is 6.11. The van der Waals surface area contributed by atoms with Crippen LogP contribution in [0.1, 0.15) is 42.7 Å². The summed E-state index contributed by atoms with van der Waals surface area (Å²) < 4.78 is 43.6. The van der Waals surface area contributed by atoms with Gasteiger partial charge in [0.1, 0.15) is 5.82 Å².